The molecule has 0 saturated carbocycles. The zero-order valence-electron chi connectivity index (χ0n) is 20.5. The van der Waals surface area contributed by atoms with Gasteiger partial charge in [-0.3, -0.25) is 14.5 Å². The number of halogens is 2. The Bertz CT molecular complexity index is 1100. The summed E-state index contributed by atoms with van der Waals surface area (Å²) in [6.45, 7) is 6.90. The SMILES string of the molecule is CC(C)C[C@H](NC(=O)c1csc(SCC(=O)NC[C@H]2CN(Cc3ccc(Cl)c(Cl)c3)CCO2)n1)C(=O)O. The standard InChI is InChI=1S/C24H30Cl2N4O5S2/c1-14(2)7-19(23(33)34)28-22(32)20-12-36-24(29-20)37-13-21(31)27-9-16-11-30(5-6-35-16)10-15-3-4-17(25)18(26)8-15/h3-4,8,12,14,16,19H,5-7,9-11,13H2,1-2H3,(H,27,31)(H,28,32)(H,33,34)/t16-,19-/m0/s1. The first-order valence-electron chi connectivity index (χ1n) is 11.8. The molecule has 0 radical (unpaired) electrons. The number of ether oxygens (including phenoxy) is 1. The van der Waals surface area contributed by atoms with Crippen LogP contribution in [0.2, 0.25) is 10.0 Å². The van der Waals surface area contributed by atoms with E-state index < -0.39 is 17.9 Å². The maximum absolute atomic E-state index is 12.4. The van der Waals surface area contributed by atoms with Gasteiger partial charge in [0.1, 0.15) is 11.7 Å². The lowest BCUT2D eigenvalue weighted by atomic mass is 10.0. The largest absolute Gasteiger partial charge is 0.480 e. The van der Waals surface area contributed by atoms with E-state index in [2.05, 4.69) is 20.5 Å². The molecule has 3 N–H and O–H groups in total. The fraction of sp³-hybridized carbons (Fsp3) is 0.500. The summed E-state index contributed by atoms with van der Waals surface area (Å²) in [7, 11) is 0. The molecule has 1 aromatic carbocycles. The first kappa shape index (κ1) is 29.7. The number of carboxylic acids is 1. The van der Waals surface area contributed by atoms with Crippen LogP contribution in [0, 0.1) is 5.92 Å². The Kier molecular flexibility index (Phi) is 11.5. The molecule has 0 unspecified atom stereocenters. The van der Waals surface area contributed by atoms with E-state index in [1.54, 1.807) is 11.4 Å². The number of amides is 2. The first-order chi connectivity index (χ1) is 17.6. The number of thioether (sulfide) groups is 1. The number of morpholine rings is 1. The lowest BCUT2D eigenvalue weighted by molar-refractivity contribution is -0.139. The van der Waals surface area contributed by atoms with E-state index in [0.717, 1.165) is 12.1 Å². The average molecular weight is 590 g/mol. The lowest BCUT2D eigenvalue weighted by Gasteiger charge is -2.33. The van der Waals surface area contributed by atoms with E-state index in [9.17, 15) is 19.5 Å². The molecule has 13 heteroatoms. The summed E-state index contributed by atoms with van der Waals surface area (Å²) >= 11 is 14.6. The molecule has 9 nitrogen and oxygen atoms in total. The number of nitrogens with zero attached hydrogens (tertiary/aromatic N) is 2. The van der Waals surface area contributed by atoms with Crippen LogP contribution in [0.1, 0.15) is 36.3 Å². The molecule has 2 heterocycles. The smallest absolute Gasteiger partial charge is 0.326 e. The minimum Gasteiger partial charge on any atom is -0.480 e. The second-order valence-corrected chi connectivity index (χ2v) is 12.0. The number of hydrogen-bond acceptors (Lipinski definition) is 8. The van der Waals surface area contributed by atoms with Gasteiger partial charge in [0.25, 0.3) is 5.91 Å². The van der Waals surface area contributed by atoms with Crippen LogP contribution in [0.15, 0.2) is 27.9 Å². The van der Waals surface area contributed by atoms with Crippen molar-refractivity contribution in [1.29, 1.82) is 0 Å². The summed E-state index contributed by atoms with van der Waals surface area (Å²) < 4.78 is 6.35. The van der Waals surface area contributed by atoms with Crippen molar-refractivity contribution in [2.24, 2.45) is 5.92 Å². The summed E-state index contributed by atoms with van der Waals surface area (Å²) in [4.78, 5) is 42.6. The second-order valence-electron chi connectivity index (χ2n) is 9.06. The molecule has 3 rings (SSSR count). The van der Waals surface area contributed by atoms with Crippen LogP contribution in [0.4, 0.5) is 0 Å². The van der Waals surface area contributed by atoms with Gasteiger partial charge in [0.15, 0.2) is 4.34 Å². The fourth-order valence-electron chi connectivity index (χ4n) is 3.70. The highest BCUT2D eigenvalue weighted by Crippen LogP contribution is 2.24. The third kappa shape index (κ3) is 9.73. The molecule has 1 saturated heterocycles. The van der Waals surface area contributed by atoms with Gasteiger partial charge in [0, 0.05) is 31.6 Å². The fourth-order valence-corrected chi connectivity index (χ4v) is 5.66. The molecule has 37 heavy (non-hydrogen) atoms. The van der Waals surface area contributed by atoms with Crippen molar-refractivity contribution in [3.63, 3.8) is 0 Å². The van der Waals surface area contributed by atoms with E-state index in [-0.39, 0.29) is 29.4 Å². The number of benzene rings is 1. The normalized spacial score (nSPS) is 16.9. The molecule has 202 valence electrons. The van der Waals surface area contributed by atoms with Gasteiger partial charge in [0.05, 0.1) is 28.5 Å². The molecular weight excluding hydrogens is 559 g/mol. The maximum atomic E-state index is 12.4. The summed E-state index contributed by atoms with van der Waals surface area (Å²) in [6, 6.07) is 4.61. The average Bonchev–Trinajstić information content (AvgIpc) is 3.32. The van der Waals surface area contributed by atoms with Gasteiger partial charge in [-0.25, -0.2) is 9.78 Å². The number of carbonyl (C=O) groups is 3. The number of aliphatic carboxylic acids is 1. The van der Waals surface area contributed by atoms with Gasteiger partial charge in [-0.15, -0.1) is 11.3 Å². The van der Waals surface area contributed by atoms with E-state index >= 15 is 0 Å². The molecule has 0 bridgehead atoms. The van der Waals surface area contributed by atoms with Crippen molar-refractivity contribution in [3.8, 4) is 0 Å². The third-order valence-corrected chi connectivity index (χ3v) is 8.25. The van der Waals surface area contributed by atoms with Crippen molar-refractivity contribution in [3.05, 3.63) is 44.9 Å². The molecular formula is C24H30Cl2N4O5S2. The Balaban J connectivity index is 1.40. The molecule has 1 fully saturated rings. The molecule has 1 aliphatic rings. The zero-order chi connectivity index (χ0) is 26.9. The number of nitrogens with one attached hydrogen (secondary N) is 2. The Morgan fingerprint density at radius 3 is 2.78 bits per heavy atom. The van der Waals surface area contributed by atoms with Crippen molar-refractivity contribution < 1.29 is 24.2 Å². The molecule has 2 amide bonds. The number of rotatable bonds is 12. The Labute approximate surface area is 234 Å². The van der Waals surface area contributed by atoms with Gasteiger partial charge in [-0.1, -0.05) is 54.9 Å². The van der Waals surface area contributed by atoms with Crippen molar-refractivity contribution in [2.75, 3.05) is 32.0 Å². The maximum Gasteiger partial charge on any atom is 0.326 e. The molecule has 1 aromatic heterocycles. The van der Waals surface area contributed by atoms with Crippen molar-refractivity contribution in [2.45, 2.75) is 43.3 Å². The summed E-state index contributed by atoms with van der Waals surface area (Å²) in [5.41, 5.74) is 1.20. The number of thiazole rings is 1. The highest BCUT2D eigenvalue weighted by molar-refractivity contribution is 8.01. The minimum atomic E-state index is -1.08. The second kappa shape index (κ2) is 14.3. The molecule has 0 spiro atoms. The van der Waals surface area contributed by atoms with E-state index in [1.807, 2.05) is 26.0 Å². The number of carbonyl (C=O) groups excluding carboxylic acids is 2. The molecule has 0 aliphatic carbocycles. The molecule has 1 aliphatic heterocycles. The number of hydrogen-bond donors (Lipinski definition) is 3. The summed E-state index contributed by atoms with van der Waals surface area (Å²) in [5.74, 6) is -1.53. The van der Waals surface area contributed by atoms with Crippen LogP contribution in [-0.2, 0) is 20.9 Å². The van der Waals surface area contributed by atoms with Crippen molar-refractivity contribution >= 4 is 64.1 Å². The third-order valence-electron chi connectivity index (χ3n) is 5.49. The van der Waals surface area contributed by atoms with Crippen LogP contribution >= 0.6 is 46.3 Å². The Hall–Kier alpha value is -1.89. The first-order valence-corrected chi connectivity index (χ1v) is 14.4. The van der Waals surface area contributed by atoms with Crippen LogP contribution in [0.3, 0.4) is 0 Å². The zero-order valence-corrected chi connectivity index (χ0v) is 23.7. The van der Waals surface area contributed by atoms with Crippen molar-refractivity contribution in [1.82, 2.24) is 20.5 Å². The topological polar surface area (TPSA) is 121 Å². The van der Waals surface area contributed by atoms with Gasteiger partial charge >= 0.3 is 5.97 Å². The van der Waals surface area contributed by atoms with Gasteiger partial charge < -0.3 is 20.5 Å². The summed E-state index contributed by atoms with van der Waals surface area (Å²) in [6.07, 6.45) is 0.193. The highest BCUT2D eigenvalue weighted by atomic mass is 35.5. The Morgan fingerprint density at radius 1 is 1.30 bits per heavy atom. The summed E-state index contributed by atoms with van der Waals surface area (Å²) in [5, 5.41) is 17.3. The van der Waals surface area contributed by atoms with Crippen LogP contribution in [0.25, 0.3) is 0 Å². The van der Waals surface area contributed by atoms with Gasteiger partial charge in [-0.2, -0.15) is 0 Å². The van der Waals surface area contributed by atoms with Gasteiger partial charge in [0.2, 0.25) is 5.91 Å². The highest BCUT2D eigenvalue weighted by Gasteiger charge is 2.24. The monoisotopic (exact) mass is 588 g/mol. The number of aromatic nitrogens is 1. The quantitative estimate of drug-likeness (QED) is 0.320. The lowest BCUT2D eigenvalue weighted by Crippen LogP contribution is -2.47. The van der Waals surface area contributed by atoms with E-state index in [4.69, 9.17) is 27.9 Å². The van der Waals surface area contributed by atoms with Crippen LogP contribution in [0.5, 0.6) is 0 Å². The molecule has 2 aromatic rings. The van der Waals surface area contributed by atoms with Gasteiger partial charge in [-0.05, 0) is 30.0 Å². The predicted octanol–water partition coefficient (Wildman–Crippen LogP) is 3.79. The number of carboxylic acid groups (broad SMARTS) is 1. The minimum absolute atomic E-state index is 0.117. The predicted molar refractivity (Wildman–Crippen MR) is 146 cm³/mol. The van der Waals surface area contributed by atoms with Crippen LogP contribution in [-0.4, -0.2) is 76.9 Å². The molecule has 2 atom stereocenters. The van der Waals surface area contributed by atoms with E-state index in [0.29, 0.717) is 47.0 Å². The Morgan fingerprint density at radius 2 is 2.08 bits per heavy atom. The van der Waals surface area contributed by atoms with E-state index in [1.165, 1.54) is 23.1 Å². The van der Waals surface area contributed by atoms with Crippen LogP contribution < -0.4 is 10.6 Å².